The molecule has 0 saturated heterocycles. The van der Waals surface area contributed by atoms with Crippen LogP contribution in [0.2, 0.25) is 19.6 Å². The van der Waals surface area contributed by atoms with Crippen LogP contribution in [0.1, 0.15) is 0 Å². The topological polar surface area (TPSA) is 60.7 Å². The van der Waals surface area contributed by atoms with Gasteiger partial charge in [-0.3, -0.25) is 0 Å². The normalized spacial score (nSPS) is 14.2. The molecule has 3 N–H and O–H groups in total. The molecule has 50 valence electrons. The van der Waals surface area contributed by atoms with Crippen LogP contribution in [-0.4, -0.2) is 30.3 Å². The lowest BCUT2D eigenvalue weighted by molar-refractivity contribution is 0.256. The molecule has 0 saturated carbocycles. The molecule has 0 aromatic carbocycles. The van der Waals surface area contributed by atoms with Gasteiger partial charge in [0.2, 0.25) is 0 Å². The Morgan fingerprint density at radius 3 is 1.00 bits per heavy atom. The molecule has 0 radical (unpaired) electrons. The Kier molecular flexibility index (Phi) is 2.00. The van der Waals surface area contributed by atoms with Gasteiger partial charge in [-0.25, -0.2) is 0 Å². The molecule has 0 rings (SSSR count). The van der Waals surface area contributed by atoms with Gasteiger partial charge in [0.15, 0.2) is 0 Å². The fraction of sp³-hybridized carbons (Fsp3) is 1.00. The molecule has 0 amide bonds. The lowest BCUT2D eigenvalue weighted by atomic mass is 11.8. The first kappa shape index (κ1) is 8.31. The van der Waals surface area contributed by atoms with E-state index in [0.717, 1.165) is 0 Å². The van der Waals surface area contributed by atoms with Gasteiger partial charge in [-0.15, -0.1) is 0 Å². The molecule has 0 aliphatic heterocycles. The summed E-state index contributed by atoms with van der Waals surface area (Å²) in [5.74, 6) is 0. The van der Waals surface area contributed by atoms with E-state index in [0.29, 0.717) is 0 Å². The van der Waals surface area contributed by atoms with Crippen molar-refractivity contribution in [2.75, 3.05) is 0 Å². The Morgan fingerprint density at radius 2 is 1.00 bits per heavy atom. The summed E-state index contributed by atoms with van der Waals surface area (Å²) in [5.41, 5.74) is 0. The Bertz CT molecular complexity index is 67.5. The van der Waals surface area contributed by atoms with Crippen molar-refractivity contribution < 1.29 is 14.4 Å². The predicted molar refractivity (Wildman–Crippen MR) is 35.8 cm³/mol. The van der Waals surface area contributed by atoms with Crippen molar-refractivity contribution in [3.63, 3.8) is 0 Å². The molecule has 0 fully saturated rings. The highest BCUT2D eigenvalue weighted by atomic mass is 29.3. The largest absolute Gasteiger partial charge is 0.461 e. The van der Waals surface area contributed by atoms with Crippen molar-refractivity contribution >= 4 is 15.9 Å². The third-order valence-electron chi connectivity index (χ3n) is 1.01. The van der Waals surface area contributed by atoms with Gasteiger partial charge < -0.3 is 14.4 Å². The second kappa shape index (κ2) is 1.92. The average Bonchev–Trinajstić information content (AvgIpc) is 1.25. The molecule has 0 heterocycles. The average molecular weight is 152 g/mol. The van der Waals surface area contributed by atoms with Crippen LogP contribution in [0, 0.1) is 0 Å². The smallest absolute Gasteiger partial charge is 0.393 e. The fourth-order valence-electron chi connectivity index (χ4n) is 0. The molecule has 0 aliphatic rings. The summed E-state index contributed by atoms with van der Waals surface area (Å²) < 4.78 is 0. The van der Waals surface area contributed by atoms with E-state index >= 15 is 0 Å². The summed E-state index contributed by atoms with van der Waals surface area (Å²) >= 11 is 0. The van der Waals surface area contributed by atoms with Crippen LogP contribution in [-0.2, 0) is 0 Å². The van der Waals surface area contributed by atoms with Crippen LogP contribution in [0.5, 0.6) is 0 Å². The van der Waals surface area contributed by atoms with Gasteiger partial charge >= 0.3 is 8.32 Å². The van der Waals surface area contributed by atoms with Gasteiger partial charge in [0, 0.05) is 0 Å². The highest BCUT2D eigenvalue weighted by Gasteiger charge is 2.44. The summed E-state index contributed by atoms with van der Waals surface area (Å²) in [6, 6.07) is 0. The van der Waals surface area contributed by atoms with Crippen molar-refractivity contribution in [3.8, 4) is 0 Å². The highest BCUT2D eigenvalue weighted by molar-refractivity contribution is 7.32. The maximum absolute atomic E-state index is 8.67. The SMILES string of the molecule is C[Si](C)(C)[Si](O)(O)O. The van der Waals surface area contributed by atoms with Crippen LogP contribution < -0.4 is 0 Å². The molecule has 0 aromatic rings. The quantitative estimate of drug-likeness (QED) is 0.436. The lowest BCUT2D eigenvalue weighted by Gasteiger charge is -2.22. The minimum Gasteiger partial charge on any atom is -0.393 e. The van der Waals surface area contributed by atoms with Crippen molar-refractivity contribution in [3.05, 3.63) is 0 Å². The molecule has 0 bridgehead atoms. The number of hydrogen-bond acceptors (Lipinski definition) is 3. The Labute approximate surface area is 50.8 Å². The van der Waals surface area contributed by atoms with E-state index in [2.05, 4.69) is 0 Å². The summed E-state index contributed by atoms with van der Waals surface area (Å²) in [4.78, 5) is 26.0. The first-order chi connectivity index (χ1) is 3.25. The molecule has 0 aliphatic carbocycles. The second-order valence-electron chi connectivity index (χ2n) is 2.89. The monoisotopic (exact) mass is 152 g/mol. The van der Waals surface area contributed by atoms with Crippen molar-refractivity contribution in [2.24, 2.45) is 0 Å². The molecular formula is C3H12O3Si2. The van der Waals surface area contributed by atoms with Gasteiger partial charge in [-0.2, -0.15) is 0 Å². The van der Waals surface area contributed by atoms with Crippen LogP contribution in [0.25, 0.3) is 0 Å². The number of hydrogen-bond donors (Lipinski definition) is 3. The Hall–Kier alpha value is 0.314. The summed E-state index contributed by atoms with van der Waals surface area (Å²) in [5, 5.41) is 0. The fourth-order valence-corrected chi connectivity index (χ4v) is 0. The molecule has 0 unspecified atom stereocenters. The van der Waals surface area contributed by atoms with Gasteiger partial charge in [-0.05, 0) is 0 Å². The standard InChI is InChI=1S/C3H12O3Si2/c1-7(2,3)8(4,5)6/h4-6H,1-3H3. The van der Waals surface area contributed by atoms with Crippen molar-refractivity contribution in [1.82, 2.24) is 0 Å². The molecule has 8 heavy (non-hydrogen) atoms. The molecule has 0 atom stereocenters. The van der Waals surface area contributed by atoms with Gasteiger partial charge in [-0.1, -0.05) is 19.6 Å². The number of rotatable bonds is 1. The second-order valence-corrected chi connectivity index (χ2v) is 15.2. The highest BCUT2D eigenvalue weighted by Crippen LogP contribution is 2.08. The molecule has 3 nitrogen and oxygen atoms in total. The van der Waals surface area contributed by atoms with E-state index in [4.69, 9.17) is 14.4 Å². The Morgan fingerprint density at radius 1 is 0.875 bits per heavy atom. The van der Waals surface area contributed by atoms with Crippen LogP contribution in [0.4, 0.5) is 0 Å². The summed E-state index contributed by atoms with van der Waals surface area (Å²) in [6.07, 6.45) is 0. The minimum atomic E-state index is -3.72. The first-order valence-electron chi connectivity index (χ1n) is 2.42. The third-order valence-corrected chi connectivity index (χ3v) is 9.06. The van der Waals surface area contributed by atoms with Crippen LogP contribution in [0.15, 0.2) is 0 Å². The molecule has 0 spiro atoms. The third kappa shape index (κ3) is 2.06. The lowest BCUT2D eigenvalue weighted by Crippen LogP contribution is -2.58. The van der Waals surface area contributed by atoms with E-state index in [9.17, 15) is 0 Å². The van der Waals surface area contributed by atoms with E-state index < -0.39 is 15.9 Å². The zero-order valence-electron chi connectivity index (χ0n) is 5.34. The maximum atomic E-state index is 8.67. The maximum Gasteiger partial charge on any atom is 0.461 e. The van der Waals surface area contributed by atoms with Crippen LogP contribution >= 0.6 is 0 Å². The summed E-state index contributed by atoms with van der Waals surface area (Å²) in [6.45, 7) is 5.16. The van der Waals surface area contributed by atoms with Gasteiger partial charge in [0.1, 0.15) is 7.59 Å². The Balaban J connectivity index is 4.02. The zero-order chi connectivity index (χ0) is 7.00. The van der Waals surface area contributed by atoms with Gasteiger partial charge in [0.05, 0.1) is 0 Å². The van der Waals surface area contributed by atoms with Gasteiger partial charge in [0.25, 0.3) is 0 Å². The molecule has 5 heteroatoms. The van der Waals surface area contributed by atoms with Crippen molar-refractivity contribution in [1.29, 1.82) is 0 Å². The minimum absolute atomic E-state index is 1.72. The van der Waals surface area contributed by atoms with E-state index in [-0.39, 0.29) is 0 Å². The van der Waals surface area contributed by atoms with Crippen molar-refractivity contribution in [2.45, 2.75) is 19.6 Å². The summed E-state index contributed by atoms with van der Waals surface area (Å²) in [7, 11) is -5.77. The zero-order valence-corrected chi connectivity index (χ0v) is 7.34. The van der Waals surface area contributed by atoms with E-state index in [1.54, 1.807) is 19.6 Å². The van der Waals surface area contributed by atoms with E-state index in [1.807, 2.05) is 0 Å². The predicted octanol–water partition coefficient (Wildman–Crippen LogP) is -0.681. The first-order valence-corrected chi connectivity index (χ1v) is 8.76. The molecule has 0 aromatic heterocycles. The van der Waals surface area contributed by atoms with E-state index in [1.165, 1.54) is 0 Å². The molecular weight excluding hydrogens is 140 g/mol. The van der Waals surface area contributed by atoms with Crippen LogP contribution in [0.3, 0.4) is 0 Å².